The minimum atomic E-state index is -0.793. The quantitative estimate of drug-likeness (QED) is 0.431. The maximum atomic E-state index is 11.3. The van der Waals surface area contributed by atoms with Crippen LogP contribution in [0.4, 0.5) is 5.82 Å². The number of nitrogens with zero attached hydrogens (tertiary/aromatic N) is 3. The fourth-order valence-corrected chi connectivity index (χ4v) is 5.13. The Morgan fingerprint density at radius 3 is 2.77 bits per heavy atom. The monoisotopic (exact) mass is 449 g/mol. The minimum absolute atomic E-state index is 0.462. The van der Waals surface area contributed by atoms with Crippen LogP contribution in [0.15, 0.2) is 54.7 Å². The second-order valence-corrected chi connectivity index (χ2v) is 9.44. The summed E-state index contributed by atoms with van der Waals surface area (Å²) in [6.45, 7) is 2.75. The van der Waals surface area contributed by atoms with Crippen LogP contribution in [0.3, 0.4) is 0 Å². The van der Waals surface area contributed by atoms with Crippen molar-refractivity contribution in [2.24, 2.45) is 0 Å². The van der Waals surface area contributed by atoms with E-state index >= 15 is 0 Å². The number of carboxylic acids is 1. The van der Waals surface area contributed by atoms with Crippen LogP contribution in [0.2, 0.25) is 5.02 Å². The van der Waals surface area contributed by atoms with Crippen LogP contribution in [0.5, 0.6) is 0 Å². The number of aromatic nitrogens is 2. The Hall–Kier alpha value is -2.96. The number of aryl methyl sites for hydroxylation is 1. The van der Waals surface area contributed by atoms with Gasteiger partial charge in [0.1, 0.15) is 11.9 Å². The Kier molecular flexibility index (Phi) is 5.12. The van der Waals surface area contributed by atoms with Gasteiger partial charge in [-0.3, -0.25) is 0 Å². The third-order valence-electron chi connectivity index (χ3n) is 5.61. The Morgan fingerprint density at radius 2 is 2.10 bits per heavy atom. The average molecular weight is 450 g/mol. The third kappa shape index (κ3) is 3.89. The van der Waals surface area contributed by atoms with Gasteiger partial charge in [0.05, 0.1) is 15.2 Å². The molecule has 0 unspecified atom stereocenters. The lowest BCUT2D eigenvalue weighted by Gasteiger charge is -2.38. The van der Waals surface area contributed by atoms with E-state index in [9.17, 15) is 9.90 Å². The molecular weight excluding hydrogens is 430 g/mol. The number of rotatable bonds is 5. The molecule has 0 amide bonds. The van der Waals surface area contributed by atoms with Gasteiger partial charge in [-0.15, -0.1) is 11.3 Å². The molecule has 1 N–H and O–H groups in total. The van der Waals surface area contributed by atoms with Crippen LogP contribution >= 0.6 is 22.9 Å². The van der Waals surface area contributed by atoms with Crippen molar-refractivity contribution in [2.75, 3.05) is 11.4 Å². The number of anilines is 1. The number of aliphatic carboxylic acids is 1. The molecule has 1 aliphatic heterocycles. The first-order valence-corrected chi connectivity index (χ1v) is 11.3. The van der Waals surface area contributed by atoms with Gasteiger partial charge in [-0.1, -0.05) is 29.8 Å². The van der Waals surface area contributed by atoms with E-state index in [0.29, 0.717) is 11.4 Å². The molecule has 156 valence electrons. The molecular formula is C24H20ClN3O2S. The van der Waals surface area contributed by atoms with E-state index in [2.05, 4.69) is 23.2 Å². The first-order valence-electron chi connectivity index (χ1n) is 10.1. The smallest absolute Gasteiger partial charge is 0.326 e. The summed E-state index contributed by atoms with van der Waals surface area (Å²) < 4.78 is 1.15. The fraction of sp³-hybridized carbons (Fsp3) is 0.208. The number of hydrogen-bond donors (Lipinski definition) is 1. The number of benzene rings is 2. The molecule has 1 aliphatic rings. The highest BCUT2D eigenvalue weighted by Crippen LogP contribution is 2.35. The predicted octanol–water partition coefficient (Wildman–Crippen LogP) is 5.57. The van der Waals surface area contributed by atoms with Crippen LogP contribution < -0.4 is 4.90 Å². The van der Waals surface area contributed by atoms with Crippen molar-refractivity contribution in [3.05, 3.63) is 75.9 Å². The standard InChI is InChI=1S/C24H20ClN3O2S/c1-14-27-23-19(17-3-2-4-18(25)12-17)10-16(11-21(23)31-14)9-15-5-6-22(26-13-15)28-8-7-20(28)24(29)30/h2-6,10-13,20H,7-9H2,1H3,(H,29,30)/t20-/m0/s1. The summed E-state index contributed by atoms with van der Waals surface area (Å²) in [5, 5.41) is 11.0. The number of halogens is 1. The molecule has 2 aromatic heterocycles. The van der Waals surface area contributed by atoms with Gasteiger partial charge in [-0.25, -0.2) is 14.8 Å². The molecule has 1 saturated heterocycles. The summed E-state index contributed by atoms with van der Waals surface area (Å²) in [6.07, 6.45) is 3.24. The molecule has 4 aromatic rings. The molecule has 5 nitrogen and oxygen atoms in total. The molecule has 0 saturated carbocycles. The molecule has 1 fully saturated rings. The van der Waals surface area contributed by atoms with E-state index in [1.165, 1.54) is 5.56 Å². The highest BCUT2D eigenvalue weighted by Gasteiger charge is 2.34. The normalized spacial score (nSPS) is 15.8. The van der Waals surface area contributed by atoms with Crippen molar-refractivity contribution < 1.29 is 9.90 Å². The van der Waals surface area contributed by atoms with E-state index in [1.807, 2.05) is 48.4 Å². The number of pyridine rings is 1. The van der Waals surface area contributed by atoms with Crippen LogP contribution in [0, 0.1) is 6.92 Å². The lowest BCUT2D eigenvalue weighted by Crippen LogP contribution is -2.52. The van der Waals surface area contributed by atoms with E-state index in [0.717, 1.165) is 50.7 Å². The van der Waals surface area contributed by atoms with E-state index < -0.39 is 12.0 Å². The summed E-state index contributed by atoms with van der Waals surface area (Å²) in [6, 6.07) is 15.7. The maximum Gasteiger partial charge on any atom is 0.326 e. The van der Waals surface area contributed by atoms with Crippen molar-refractivity contribution in [1.82, 2.24) is 9.97 Å². The highest BCUT2D eigenvalue weighted by atomic mass is 35.5. The molecule has 2 aromatic carbocycles. The molecule has 0 spiro atoms. The molecule has 0 aliphatic carbocycles. The molecule has 31 heavy (non-hydrogen) atoms. The first-order chi connectivity index (χ1) is 15.0. The predicted molar refractivity (Wildman–Crippen MR) is 125 cm³/mol. The fourth-order valence-electron chi connectivity index (χ4n) is 4.02. The van der Waals surface area contributed by atoms with Crippen LogP contribution in [-0.2, 0) is 11.2 Å². The van der Waals surface area contributed by atoms with Gasteiger partial charge in [0.15, 0.2) is 0 Å². The molecule has 5 rings (SSSR count). The van der Waals surface area contributed by atoms with Crippen molar-refractivity contribution >= 4 is 44.9 Å². The molecule has 0 radical (unpaired) electrons. The molecule has 0 bridgehead atoms. The second-order valence-electron chi connectivity index (χ2n) is 7.77. The summed E-state index contributed by atoms with van der Waals surface area (Å²) in [5.41, 5.74) is 5.38. The number of carbonyl (C=O) groups is 1. The largest absolute Gasteiger partial charge is 0.480 e. The number of hydrogen-bond acceptors (Lipinski definition) is 5. The lowest BCUT2D eigenvalue weighted by molar-refractivity contribution is -0.140. The van der Waals surface area contributed by atoms with Crippen LogP contribution in [0.1, 0.15) is 22.6 Å². The van der Waals surface area contributed by atoms with Gasteiger partial charge in [0.25, 0.3) is 0 Å². The summed E-state index contributed by atoms with van der Waals surface area (Å²) in [7, 11) is 0. The molecule has 1 atom stereocenters. The van der Waals surface area contributed by atoms with Gasteiger partial charge in [-0.05, 0) is 66.8 Å². The van der Waals surface area contributed by atoms with Crippen molar-refractivity contribution in [3.8, 4) is 11.1 Å². The van der Waals surface area contributed by atoms with Crippen molar-refractivity contribution in [2.45, 2.75) is 25.8 Å². The number of fused-ring (bicyclic) bond motifs is 1. The summed E-state index contributed by atoms with van der Waals surface area (Å²) in [5.74, 6) is -0.0747. The van der Waals surface area contributed by atoms with Crippen LogP contribution in [-0.4, -0.2) is 33.6 Å². The highest BCUT2D eigenvalue weighted by molar-refractivity contribution is 7.18. The third-order valence-corrected chi connectivity index (χ3v) is 6.77. The maximum absolute atomic E-state index is 11.3. The van der Waals surface area contributed by atoms with Crippen LogP contribution in [0.25, 0.3) is 21.3 Å². The lowest BCUT2D eigenvalue weighted by atomic mass is 9.98. The van der Waals surface area contributed by atoms with Crippen molar-refractivity contribution in [3.63, 3.8) is 0 Å². The summed E-state index contributed by atoms with van der Waals surface area (Å²) >= 11 is 7.93. The SMILES string of the molecule is Cc1nc2c(-c3cccc(Cl)c3)cc(Cc3ccc(N4CC[C@H]4C(=O)O)nc3)cc2s1. The zero-order valence-electron chi connectivity index (χ0n) is 16.9. The van der Waals surface area contributed by atoms with Gasteiger partial charge in [-0.2, -0.15) is 0 Å². The zero-order chi connectivity index (χ0) is 21.5. The first kappa shape index (κ1) is 20.0. The Balaban J connectivity index is 1.46. The zero-order valence-corrected chi connectivity index (χ0v) is 18.5. The molecule has 7 heteroatoms. The van der Waals surface area contributed by atoms with Gasteiger partial charge in [0.2, 0.25) is 0 Å². The average Bonchev–Trinajstić information content (AvgIpc) is 3.07. The second kappa shape index (κ2) is 7.94. The number of carboxylic acid groups (broad SMARTS) is 1. The van der Waals surface area contributed by atoms with Crippen molar-refractivity contribution in [1.29, 1.82) is 0 Å². The Morgan fingerprint density at radius 1 is 1.23 bits per heavy atom. The van der Waals surface area contributed by atoms with Gasteiger partial charge < -0.3 is 10.0 Å². The summed E-state index contributed by atoms with van der Waals surface area (Å²) in [4.78, 5) is 22.4. The van der Waals surface area contributed by atoms with Gasteiger partial charge in [0, 0.05) is 23.3 Å². The topological polar surface area (TPSA) is 66.3 Å². The molecule has 3 heterocycles. The van der Waals surface area contributed by atoms with E-state index in [-0.39, 0.29) is 0 Å². The Labute approximate surface area is 189 Å². The van der Waals surface area contributed by atoms with E-state index in [1.54, 1.807) is 11.3 Å². The van der Waals surface area contributed by atoms with Gasteiger partial charge >= 0.3 is 5.97 Å². The number of thiazole rings is 1. The van der Waals surface area contributed by atoms with E-state index in [4.69, 9.17) is 16.6 Å². The Bertz CT molecular complexity index is 1290. The minimum Gasteiger partial charge on any atom is -0.480 e.